The van der Waals surface area contributed by atoms with Crippen molar-refractivity contribution in [1.29, 1.82) is 0 Å². The summed E-state index contributed by atoms with van der Waals surface area (Å²) >= 11 is 1.82. The lowest BCUT2D eigenvalue weighted by molar-refractivity contribution is -0.137. The van der Waals surface area contributed by atoms with Crippen LogP contribution in [0.4, 0.5) is 5.69 Å². The normalized spacial score (nSPS) is 15.4. The SMILES string of the molecule is O=C(O)CCN(Cc1ccccc1)Cc1ccc(-c2ccc3c(c2)CCN3Cc2ccc(C3CCCCC3)cc2)s1. The number of benzene rings is 3. The molecule has 0 saturated heterocycles. The van der Waals surface area contributed by atoms with Gasteiger partial charge in [-0.2, -0.15) is 0 Å². The van der Waals surface area contributed by atoms with Crippen molar-refractivity contribution < 1.29 is 9.90 Å². The first-order chi connectivity index (χ1) is 20.1. The van der Waals surface area contributed by atoms with Crippen LogP contribution in [0.5, 0.6) is 0 Å². The van der Waals surface area contributed by atoms with Crippen LogP contribution < -0.4 is 4.90 Å². The summed E-state index contributed by atoms with van der Waals surface area (Å²) in [5.74, 6) is 0.0109. The molecule has 1 aliphatic carbocycles. The lowest BCUT2D eigenvalue weighted by Crippen LogP contribution is -2.25. The molecule has 2 aliphatic rings. The van der Waals surface area contributed by atoms with Gasteiger partial charge in [0.25, 0.3) is 0 Å². The lowest BCUT2D eigenvalue weighted by atomic mass is 9.84. The molecule has 4 aromatic rings. The van der Waals surface area contributed by atoms with Gasteiger partial charge in [0.1, 0.15) is 0 Å². The van der Waals surface area contributed by atoms with Crippen LogP contribution in [0.1, 0.15) is 71.6 Å². The van der Waals surface area contributed by atoms with E-state index >= 15 is 0 Å². The predicted molar refractivity (Wildman–Crippen MR) is 170 cm³/mol. The number of carboxylic acid groups (broad SMARTS) is 1. The van der Waals surface area contributed by atoms with Gasteiger partial charge in [-0.15, -0.1) is 11.3 Å². The highest BCUT2D eigenvalue weighted by molar-refractivity contribution is 7.15. The Labute approximate surface area is 248 Å². The van der Waals surface area contributed by atoms with Gasteiger partial charge in [0.2, 0.25) is 0 Å². The molecule has 2 heterocycles. The maximum absolute atomic E-state index is 11.3. The molecule has 0 atom stereocenters. The number of anilines is 1. The summed E-state index contributed by atoms with van der Waals surface area (Å²) in [7, 11) is 0. The van der Waals surface area contributed by atoms with Crippen molar-refractivity contribution in [3.05, 3.63) is 112 Å². The van der Waals surface area contributed by atoms with Gasteiger partial charge in [-0.05, 0) is 77.3 Å². The van der Waals surface area contributed by atoms with E-state index in [0.717, 1.165) is 38.5 Å². The van der Waals surface area contributed by atoms with E-state index in [9.17, 15) is 9.90 Å². The molecule has 0 unspecified atom stereocenters. The second-order valence-electron chi connectivity index (χ2n) is 11.7. The zero-order valence-electron chi connectivity index (χ0n) is 23.8. The van der Waals surface area contributed by atoms with E-state index in [0.29, 0.717) is 6.54 Å². The molecule has 4 nitrogen and oxygen atoms in total. The first-order valence-electron chi connectivity index (χ1n) is 15.1. The topological polar surface area (TPSA) is 43.8 Å². The largest absolute Gasteiger partial charge is 0.481 e. The fourth-order valence-electron chi connectivity index (χ4n) is 6.49. The Bertz CT molecular complexity index is 1440. The monoisotopic (exact) mass is 564 g/mol. The molecule has 0 radical (unpaired) electrons. The summed E-state index contributed by atoms with van der Waals surface area (Å²) < 4.78 is 0. The third kappa shape index (κ3) is 7.09. The molecule has 1 fully saturated rings. The van der Waals surface area contributed by atoms with Crippen LogP contribution in [-0.4, -0.2) is 29.1 Å². The molecule has 3 aromatic carbocycles. The van der Waals surface area contributed by atoms with Gasteiger partial charge in [0.05, 0.1) is 6.42 Å². The molecule has 1 aromatic heterocycles. The first-order valence-corrected chi connectivity index (χ1v) is 16.0. The Hall–Kier alpha value is -3.41. The highest BCUT2D eigenvalue weighted by Crippen LogP contribution is 2.37. The zero-order chi connectivity index (χ0) is 28.0. The van der Waals surface area contributed by atoms with E-state index < -0.39 is 5.97 Å². The quantitative estimate of drug-likeness (QED) is 0.198. The molecule has 5 heteroatoms. The number of carboxylic acids is 1. The van der Waals surface area contributed by atoms with Crippen molar-refractivity contribution in [2.24, 2.45) is 0 Å². The number of fused-ring (bicyclic) bond motifs is 1. The van der Waals surface area contributed by atoms with Gasteiger partial charge in [-0.1, -0.05) is 79.9 Å². The zero-order valence-corrected chi connectivity index (χ0v) is 24.6. The standard InChI is InChI=1S/C36H40N2O2S/c39-36(40)20-21-37(24-27-7-3-1-4-8-27)26-33-16-18-35(41-33)32-15-17-34-31(23-32)19-22-38(34)25-28-11-13-30(14-12-28)29-9-5-2-6-10-29/h1,3-4,7-8,11-18,23,29H,2,5-6,9-10,19-22,24-26H2,(H,39,40). The second kappa shape index (κ2) is 13.1. The van der Waals surface area contributed by atoms with Crippen molar-refractivity contribution in [2.45, 2.75) is 70.5 Å². The van der Waals surface area contributed by atoms with Crippen molar-refractivity contribution in [1.82, 2.24) is 4.90 Å². The average Bonchev–Trinajstić information content (AvgIpc) is 3.64. The summed E-state index contributed by atoms with van der Waals surface area (Å²) in [6, 6.07) is 31.1. The summed E-state index contributed by atoms with van der Waals surface area (Å²) in [6.45, 7) is 4.07. The van der Waals surface area contributed by atoms with E-state index in [1.165, 1.54) is 75.4 Å². The van der Waals surface area contributed by atoms with E-state index in [2.05, 4.69) is 76.5 Å². The molecular weight excluding hydrogens is 524 g/mol. The van der Waals surface area contributed by atoms with Gasteiger partial charge in [0.15, 0.2) is 0 Å². The van der Waals surface area contributed by atoms with Gasteiger partial charge in [0, 0.05) is 48.2 Å². The second-order valence-corrected chi connectivity index (χ2v) is 12.9. The van der Waals surface area contributed by atoms with Gasteiger partial charge < -0.3 is 10.0 Å². The number of nitrogens with zero attached hydrogens (tertiary/aromatic N) is 2. The molecule has 1 aliphatic heterocycles. The van der Waals surface area contributed by atoms with Crippen LogP contribution in [0, 0.1) is 0 Å². The van der Waals surface area contributed by atoms with Gasteiger partial charge in [-0.25, -0.2) is 0 Å². The fourth-order valence-corrected chi connectivity index (χ4v) is 7.53. The van der Waals surface area contributed by atoms with Crippen LogP contribution in [0.15, 0.2) is 84.9 Å². The molecule has 212 valence electrons. The van der Waals surface area contributed by atoms with Crippen LogP contribution in [-0.2, 0) is 30.8 Å². The highest BCUT2D eigenvalue weighted by atomic mass is 32.1. The third-order valence-electron chi connectivity index (χ3n) is 8.72. The first kappa shape index (κ1) is 27.7. The molecule has 1 saturated carbocycles. The van der Waals surface area contributed by atoms with Crippen molar-refractivity contribution in [3.8, 4) is 10.4 Å². The Balaban J connectivity index is 1.10. The molecule has 41 heavy (non-hydrogen) atoms. The average molecular weight is 565 g/mol. The van der Waals surface area contributed by atoms with E-state index in [1.807, 2.05) is 29.5 Å². The van der Waals surface area contributed by atoms with E-state index in [4.69, 9.17) is 0 Å². The maximum Gasteiger partial charge on any atom is 0.304 e. The van der Waals surface area contributed by atoms with Crippen molar-refractivity contribution in [2.75, 3.05) is 18.0 Å². The number of rotatable bonds is 11. The minimum atomic E-state index is -0.751. The Kier molecular flexibility index (Phi) is 8.83. The number of carbonyl (C=O) groups is 1. The number of hydrogen-bond donors (Lipinski definition) is 1. The molecule has 6 rings (SSSR count). The Morgan fingerprint density at radius 3 is 2.46 bits per heavy atom. The fraction of sp³-hybridized carbons (Fsp3) is 0.361. The maximum atomic E-state index is 11.3. The summed E-state index contributed by atoms with van der Waals surface area (Å²) in [5.41, 5.74) is 8.21. The summed E-state index contributed by atoms with van der Waals surface area (Å²) in [6.07, 6.45) is 8.10. The summed E-state index contributed by atoms with van der Waals surface area (Å²) in [5, 5.41) is 9.26. The van der Waals surface area contributed by atoms with Crippen LogP contribution in [0.3, 0.4) is 0 Å². The van der Waals surface area contributed by atoms with Crippen LogP contribution >= 0.6 is 11.3 Å². The Morgan fingerprint density at radius 2 is 1.68 bits per heavy atom. The molecule has 0 amide bonds. The molecule has 0 spiro atoms. The number of thiophene rings is 1. The number of hydrogen-bond acceptors (Lipinski definition) is 4. The predicted octanol–water partition coefficient (Wildman–Crippen LogP) is 8.50. The minimum Gasteiger partial charge on any atom is -0.481 e. The lowest BCUT2D eigenvalue weighted by Gasteiger charge is -2.23. The minimum absolute atomic E-state index is 0.150. The van der Waals surface area contributed by atoms with Crippen LogP contribution in [0.25, 0.3) is 10.4 Å². The molecule has 0 bridgehead atoms. The van der Waals surface area contributed by atoms with E-state index in [1.54, 1.807) is 0 Å². The number of aliphatic carboxylic acids is 1. The highest BCUT2D eigenvalue weighted by Gasteiger charge is 2.21. The van der Waals surface area contributed by atoms with Crippen molar-refractivity contribution >= 4 is 23.0 Å². The van der Waals surface area contributed by atoms with E-state index in [-0.39, 0.29) is 6.42 Å². The third-order valence-corrected chi connectivity index (χ3v) is 9.84. The smallest absolute Gasteiger partial charge is 0.304 e. The van der Waals surface area contributed by atoms with Crippen molar-refractivity contribution in [3.63, 3.8) is 0 Å². The van der Waals surface area contributed by atoms with Gasteiger partial charge >= 0.3 is 5.97 Å². The Morgan fingerprint density at radius 1 is 0.878 bits per heavy atom. The molecule has 1 N–H and O–H groups in total. The summed E-state index contributed by atoms with van der Waals surface area (Å²) in [4.78, 5) is 18.6. The van der Waals surface area contributed by atoms with Gasteiger partial charge in [-0.3, -0.25) is 9.69 Å². The van der Waals surface area contributed by atoms with Crippen LogP contribution in [0.2, 0.25) is 0 Å². The molecular formula is C36H40N2O2S.